The normalized spacial score (nSPS) is 14.9. The molecule has 0 aliphatic rings. The van der Waals surface area contributed by atoms with E-state index in [0.717, 1.165) is 0 Å². The van der Waals surface area contributed by atoms with Gasteiger partial charge < -0.3 is 0 Å². The molecule has 0 aromatic heterocycles. The molecule has 0 aromatic rings. The molecule has 0 radical (unpaired) electrons. The zero-order valence-electron chi connectivity index (χ0n) is 4.80. The molecule has 0 fully saturated rings. The van der Waals surface area contributed by atoms with Crippen molar-refractivity contribution in [3.05, 3.63) is 0 Å². The minimum absolute atomic E-state index is 0.398. The van der Waals surface area contributed by atoms with Gasteiger partial charge in [0.2, 0.25) is 0 Å². The van der Waals surface area contributed by atoms with Crippen LogP contribution in [0.15, 0.2) is 0 Å². The van der Waals surface area contributed by atoms with Gasteiger partial charge in [0.15, 0.2) is 0 Å². The van der Waals surface area contributed by atoms with Gasteiger partial charge in [0, 0.05) is 0 Å². The van der Waals surface area contributed by atoms with Gasteiger partial charge in [-0.1, -0.05) is 0 Å². The van der Waals surface area contributed by atoms with E-state index in [4.69, 9.17) is 0 Å². The molecule has 0 saturated heterocycles. The molecule has 0 amide bonds. The van der Waals surface area contributed by atoms with E-state index in [1.54, 1.807) is 0 Å². The zero-order valence-corrected chi connectivity index (χ0v) is 7.33. The first-order valence-corrected chi connectivity index (χ1v) is 7.07. The van der Waals surface area contributed by atoms with E-state index in [0.29, 0.717) is 4.82 Å². The maximum absolute atomic E-state index is 10.7. The topological polar surface area (TPSA) is 17.1 Å². The second-order valence-corrected chi connectivity index (χ2v) is 8.69. The van der Waals surface area contributed by atoms with Crippen molar-refractivity contribution in [2.75, 3.05) is 6.26 Å². The summed E-state index contributed by atoms with van der Waals surface area (Å²) in [5.74, 6) is 0. The third kappa shape index (κ3) is 3.27. The van der Waals surface area contributed by atoms with Crippen molar-refractivity contribution in [3.63, 3.8) is 0 Å². The standard InChI is InChI=1S/C4H10OSSe/c1-4(2)7(5)6-3/h4H,1-3H3. The zero-order chi connectivity index (χ0) is 5.86. The Balaban J connectivity index is 3.35. The quantitative estimate of drug-likeness (QED) is 0.609. The summed E-state index contributed by atoms with van der Waals surface area (Å²) in [6.45, 7) is 3.99. The number of hydrogen-bond acceptors (Lipinski definition) is 2. The average molecular weight is 185 g/mol. The molecule has 1 unspecified atom stereocenters. The summed E-state index contributed by atoms with van der Waals surface area (Å²) in [5, 5.41) is 0. The number of rotatable bonds is 2. The van der Waals surface area contributed by atoms with Crippen LogP contribution in [0.2, 0.25) is 4.82 Å². The van der Waals surface area contributed by atoms with Crippen LogP contribution in [-0.2, 0) is 3.83 Å². The fourth-order valence-corrected chi connectivity index (χ4v) is 3.00. The summed E-state index contributed by atoms with van der Waals surface area (Å²) in [5.41, 5.74) is 0. The van der Waals surface area contributed by atoms with Gasteiger partial charge in [-0.25, -0.2) is 0 Å². The Morgan fingerprint density at radius 1 is 1.57 bits per heavy atom. The summed E-state index contributed by atoms with van der Waals surface area (Å²) in [6.07, 6.45) is 1.90. The molecule has 0 bridgehead atoms. The summed E-state index contributed by atoms with van der Waals surface area (Å²) in [4.78, 5) is 0.398. The molecule has 7 heavy (non-hydrogen) atoms. The molecular weight excluding hydrogens is 175 g/mol. The third-order valence-corrected chi connectivity index (χ3v) is 6.56. The molecule has 0 aliphatic carbocycles. The van der Waals surface area contributed by atoms with Crippen molar-refractivity contribution >= 4 is 22.9 Å². The fourth-order valence-electron chi connectivity index (χ4n) is 0.192. The van der Waals surface area contributed by atoms with Gasteiger partial charge in [0.05, 0.1) is 0 Å². The van der Waals surface area contributed by atoms with Crippen molar-refractivity contribution < 1.29 is 3.83 Å². The van der Waals surface area contributed by atoms with Crippen molar-refractivity contribution in [2.45, 2.75) is 18.7 Å². The molecule has 44 valence electrons. The molecule has 0 spiro atoms. The van der Waals surface area contributed by atoms with Gasteiger partial charge >= 0.3 is 51.6 Å². The van der Waals surface area contributed by atoms with E-state index in [1.807, 2.05) is 20.1 Å². The molecule has 1 atom stereocenters. The molecule has 3 heteroatoms. The molecular formula is C4H10OSSe. The molecule has 0 heterocycles. The van der Waals surface area contributed by atoms with Gasteiger partial charge in [0.25, 0.3) is 0 Å². The Morgan fingerprint density at radius 3 is 2.00 bits per heavy atom. The first-order valence-electron chi connectivity index (χ1n) is 2.13. The first kappa shape index (κ1) is 7.67. The van der Waals surface area contributed by atoms with Crippen LogP contribution in [0.5, 0.6) is 0 Å². The minimum atomic E-state index is -1.47. The second-order valence-electron chi connectivity index (χ2n) is 1.48. The van der Waals surface area contributed by atoms with Crippen LogP contribution in [0.25, 0.3) is 0 Å². The van der Waals surface area contributed by atoms with E-state index in [1.165, 1.54) is 10.2 Å². The summed E-state index contributed by atoms with van der Waals surface area (Å²) in [7, 11) is 1.50. The fraction of sp³-hybridized carbons (Fsp3) is 1.00. The summed E-state index contributed by atoms with van der Waals surface area (Å²) in [6, 6.07) is 0. The SMILES string of the molecule is CS[Se](=O)C(C)C. The van der Waals surface area contributed by atoms with Crippen LogP contribution in [0.3, 0.4) is 0 Å². The van der Waals surface area contributed by atoms with Crippen molar-refractivity contribution in [1.29, 1.82) is 0 Å². The van der Waals surface area contributed by atoms with Crippen LogP contribution in [0, 0.1) is 0 Å². The van der Waals surface area contributed by atoms with Crippen LogP contribution in [-0.4, -0.2) is 19.0 Å². The van der Waals surface area contributed by atoms with E-state index in [2.05, 4.69) is 0 Å². The van der Waals surface area contributed by atoms with Crippen molar-refractivity contribution in [3.8, 4) is 0 Å². The predicted octanol–water partition coefficient (Wildman–Crippen LogP) is 1.68. The molecule has 1 nitrogen and oxygen atoms in total. The third-order valence-electron chi connectivity index (χ3n) is 0.549. The molecule has 0 aliphatic heterocycles. The Morgan fingerprint density at radius 2 is 2.00 bits per heavy atom. The first-order chi connectivity index (χ1) is 3.18. The van der Waals surface area contributed by atoms with Crippen molar-refractivity contribution in [1.82, 2.24) is 0 Å². The van der Waals surface area contributed by atoms with Crippen LogP contribution in [0.4, 0.5) is 0 Å². The van der Waals surface area contributed by atoms with E-state index < -0.39 is 12.7 Å². The van der Waals surface area contributed by atoms with Gasteiger partial charge in [-0.2, -0.15) is 0 Å². The van der Waals surface area contributed by atoms with E-state index >= 15 is 0 Å². The van der Waals surface area contributed by atoms with E-state index in [-0.39, 0.29) is 0 Å². The molecule has 0 saturated carbocycles. The molecule has 0 aromatic carbocycles. The Kier molecular flexibility index (Phi) is 3.99. The van der Waals surface area contributed by atoms with Crippen LogP contribution >= 0.6 is 10.2 Å². The van der Waals surface area contributed by atoms with Gasteiger partial charge in [-0.3, -0.25) is 0 Å². The van der Waals surface area contributed by atoms with Gasteiger partial charge in [-0.15, -0.1) is 0 Å². The number of hydrogen-bond donors (Lipinski definition) is 0. The van der Waals surface area contributed by atoms with Crippen LogP contribution < -0.4 is 0 Å². The maximum atomic E-state index is 10.7. The predicted molar refractivity (Wildman–Crippen MR) is 35.1 cm³/mol. The molecule has 0 N–H and O–H groups in total. The molecule has 0 rings (SSSR count). The van der Waals surface area contributed by atoms with Crippen LogP contribution in [0.1, 0.15) is 13.8 Å². The average Bonchev–Trinajstić information content (AvgIpc) is 1.65. The Bertz CT molecular complexity index is 72.1. The summed E-state index contributed by atoms with van der Waals surface area (Å²) >= 11 is -1.47. The van der Waals surface area contributed by atoms with Gasteiger partial charge in [0.1, 0.15) is 0 Å². The Hall–Kier alpha value is 0.669. The second kappa shape index (κ2) is 3.64. The Labute approximate surface area is 52.0 Å². The van der Waals surface area contributed by atoms with Crippen molar-refractivity contribution in [2.24, 2.45) is 0 Å². The van der Waals surface area contributed by atoms with E-state index in [9.17, 15) is 3.83 Å². The monoisotopic (exact) mass is 186 g/mol. The van der Waals surface area contributed by atoms with Gasteiger partial charge in [-0.05, 0) is 0 Å². The summed E-state index contributed by atoms with van der Waals surface area (Å²) < 4.78 is 10.7.